The average Bonchev–Trinajstić information content (AvgIpc) is 2.97. The van der Waals surface area contributed by atoms with Crippen molar-refractivity contribution in [3.05, 3.63) is 46.3 Å². The fourth-order valence-corrected chi connectivity index (χ4v) is 4.17. The van der Waals surface area contributed by atoms with Crippen LogP contribution in [0, 0.1) is 10.1 Å². The van der Waals surface area contributed by atoms with E-state index in [4.69, 9.17) is 5.14 Å². The number of nitro groups is 1. The molecule has 152 valence electrons. The number of nitrogens with two attached hydrogens (primary N) is 1. The fraction of sp³-hybridized carbons (Fsp3) is 0.471. The monoisotopic (exact) mass is 408 g/mol. The molecule has 0 radical (unpaired) electrons. The summed E-state index contributed by atoms with van der Waals surface area (Å²) in [6.45, 7) is 6.48. The number of aromatic nitrogens is 2. The molecule has 0 saturated carbocycles. The lowest BCUT2D eigenvalue weighted by Gasteiger charge is -2.25. The second-order valence-corrected chi connectivity index (χ2v) is 8.31. The van der Waals surface area contributed by atoms with Crippen molar-refractivity contribution in [2.24, 2.45) is 5.14 Å². The van der Waals surface area contributed by atoms with Crippen molar-refractivity contribution < 1.29 is 13.3 Å². The molecule has 0 spiro atoms. The van der Waals surface area contributed by atoms with Gasteiger partial charge in [-0.05, 0) is 19.4 Å². The minimum Gasteiger partial charge on any atom is -0.369 e. The maximum atomic E-state index is 12.0. The van der Waals surface area contributed by atoms with Crippen molar-refractivity contribution in [3.63, 3.8) is 0 Å². The third-order valence-corrected chi connectivity index (χ3v) is 5.75. The van der Waals surface area contributed by atoms with E-state index in [2.05, 4.69) is 10.00 Å². The summed E-state index contributed by atoms with van der Waals surface area (Å²) < 4.78 is 25.9. The average molecular weight is 408 g/mol. The second kappa shape index (κ2) is 8.25. The molecule has 10 nitrogen and oxygen atoms in total. The van der Waals surface area contributed by atoms with Crippen molar-refractivity contribution in [1.29, 1.82) is 0 Å². The van der Waals surface area contributed by atoms with E-state index in [9.17, 15) is 18.5 Å². The predicted molar refractivity (Wildman–Crippen MR) is 104 cm³/mol. The summed E-state index contributed by atoms with van der Waals surface area (Å²) in [5, 5.41) is 20.6. The van der Waals surface area contributed by atoms with Crippen LogP contribution >= 0.6 is 0 Å². The number of sulfonamides is 1. The third kappa shape index (κ3) is 4.66. The van der Waals surface area contributed by atoms with Gasteiger partial charge < -0.3 is 4.90 Å². The van der Waals surface area contributed by atoms with Crippen LogP contribution in [-0.2, 0) is 23.1 Å². The molecule has 0 amide bonds. The standard InChI is InChI=1S/C17H24N6O4S/c1-2-22-13-14(11-19-22)12-20-6-3-7-21(9-8-20)16-5-4-15(23(24)25)10-17(16)28(18,26)27/h4-5,10-11,13H,2-3,6-9,12H2,1H3,(H2,18,26,27). The SMILES string of the molecule is CCn1cc(CN2CCCN(c3ccc([N+](=O)[O-])cc3S(N)(=O)=O)CC2)cn1. The number of aryl methyl sites for hydroxylation is 1. The number of hydrogen-bond acceptors (Lipinski definition) is 7. The van der Waals surface area contributed by atoms with Gasteiger partial charge in [-0.25, -0.2) is 13.6 Å². The fourth-order valence-electron chi connectivity index (χ4n) is 3.39. The zero-order valence-electron chi connectivity index (χ0n) is 15.7. The molecule has 0 atom stereocenters. The highest BCUT2D eigenvalue weighted by molar-refractivity contribution is 7.89. The first-order valence-corrected chi connectivity index (χ1v) is 10.6. The van der Waals surface area contributed by atoms with Gasteiger partial charge in [0.05, 0.1) is 16.8 Å². The van der Waals surface area contributed by atoms with E-state index in [-0.39, 0.29) is 10.6 Å². The van der Waals surface area contributed by atoms with Crippen molar-refractivity contribution in [2.45, 2.75) is 31.3 Å². The van der Waals surface area contributed by atoms with E-state index >= 15 is 0 Å². The first-order chi connectivity index (χ1) is 13.3. The Labute approximate surface area is 163 Å². The van der Waals surface area contributed by atoms with Crippen LogP contribution in [0.15, 0.2) is 35.5 Å². The molecule has 0 bridgehead atoms. The summed E-state index contributed by atoms with van der Waals surface area (Å²) in [5.41, 5.74) is 1.25. The Balaban J connectivity index is 1.77. The van der Waals surface area contributed by atoms with Crippen LogP contribution in [0.4, 0.5) is 11.4 Å². The summed E-state index contributed by atoms with van der Waals surface area (Å²) in [5.74, 6) is 0. The Morgan fingerprint density at radius 1 is 1.25 bits per heavy atom. The van der Waals surface area contributed by atoms with Gasteiger partial charge in [0.25, 0.3) is 5.69 Å². The lowest BCUT2D eigenvalue weighted by molar-refractivity contribution is -0.385. The van der Waals surface area contributed by atoms with Gasteiger partial charge in [-0.2, -0.15) is 5.10 Å². The van der Waals surface area contributed by atoms with Gasteiger partial charge in [-0.1, -0.05) is 0 Å². The molecule has 3 rings (SSSR count). The molecule has 0 aliphatic carbocycles. The zero-order valence-corrected chi connectivity index (χ0v) is 16.5. The minimum atomic E-state index is -4.08. The summed E-state index contributed by atoms with van der Waals surface area (Å²) in [4.78, 5) is 14.4. The molecule has 11 heteroatoms. The molecule has 1 aliphatic rings. The van der Waals surface area contributed by atoms with Crippen molar-refractivity contribution >= 4 is 21.4 Å². The van der Waals surface area contributed by atoms with Crippen LogP contribution in [0.25, 0.3) is 0 Å². The van der Waals surface area contributed by atoms with E-state index in [0.29, 0.717) is 18.8 Å². The molecule has 2 heterocycles. The Morgan fingerprint density at radius 3 is 2.68 bits per heavy atom. The summed E-state index contributed by atoms with van der Waals surface area (Å²) in [6.07, 6.45) is 4.72. The lowest BCUT2D eigenvalue weighted by Crippen LogP contribution is -2.31. The normalized spacial score (nSPS) is 16.1. The Hall–Kier alpha value is -2.50. The number of nitro benzene ring substituents is 1. The summed E-state index contributed by atoms with van der Waals surface area (Å²) >= 11 is 0. The third-order valence-electron chi connectivity index (χ3n) is 4.81. The zero-order chi connectivity index (χ0) is 20.3. The maximum Gasteiger partial charge on any atom is 0.270 e. The smallest absolute Gasteiger partial charge is 0.270 e. The Kier molecular flexibility index (Phi) is 5.96. The van der Waals surface area contributed by atoms with E-state index in [1.165, 1.54) is 12.1 Å². The van der Waals surface area contributed by atoms with Crippen molar-refractivity contribution in [2.75, 3.05) is 31.1 Å². The van der Waals surface area contributed by atoms with Crippen LogP contribution in [0.5, 0.6) is 0 Å². The van der Waals surface area contributed by atoms with Crippen molar-refractivity contribution in [3.8, 4) is 0 Å². The second-order valence-electron chi connectivity index (χ2n) is 6.78. The molecule has 2 aromatic rings. The minimum absolute atomic E-state index is 0.209. The molecule has 1 aliphatic heterocycles. The molecule has 1 saturated heterocycles. The van der Waals surface area contributed by atoms with Crippen LogP contribution < -0.4 is 10.0 Å². The maximum absolute atomic E-state index is 12.0. The summed E-state index contributed by atoms with van der Waals surface area (Å²) in [7, 11) is -4.08. The number of non-ortho nitro benzene ring substituents is 1. The quantitative estimate of drug-likeness (QED) is 0.561. The number of benzene rings is 1. The van der Waals surface area contributed by atoms with Gasteiger partial charge in [0, 0.05) is 63.2 Å². The van der Waals surface area contributed by atoms with Crippen LogP contribution in [0.2, 0.25) is 0 Å². The molecule has 28 heavy (non-hydrogen) atoms. The first kappa shape index (κ1) is 20.2. The Morgan fingerprint density at radius 2 is 2.04 bits per heavy atom. The van der Waals surface area contributed by atoms with Gasteiger partial charge in [0.2, 0.25) is 10.0 Å². The number of nitrogens with zero attached hydrogens (tertiary/aromatic N) is 5. The molecule has 1 fully saturated rings. The molecule has 0 unspecified atom stereocenters. The number of primary sulfonamides is 1. The first-order valence-electron chi connectivity index (χ1n) is 9.08. The number of anilines is 1. The molecular formula is C17H24N6O4S. The van der Waals surface area contributed by atoms with Crippen LogP contribution in [0.3, 0.4) is 0 Å². The molecular weight excluding hydrogens is 384 g/mol. The predicted octanol–water partition coefficient (Wildman–Crippen LogP) is 1.17. The van der Waals surface area contributed by atoms with Gasteiger partial charge in [-0.15, -0.1) is 0 Å². The van der Waals surface area contributed by atoms with E-state index in [0.717, 1.165) is 44.2 Å². The largest absolute Gasteiger partial charge is 0.369 e. The number of hydrogen-bond donors (Lipinski definition) is 1. The highest BCUT2D eigenvalue weighted by Gasteiger charge is 2.24. The highest BCUT2D eigenvalue weighted by Crippen LogP contribution is 2.29. The molecule has 1 aromatic carbocycles. The number of rotatable bonds is 6. The van der Waals surface area contributed by atoms with E-state index < -0.39 is 14.9 Å². The summed E-state index contributed by atoms with van der Waals surface area (Å²) in [6, 6.07) is 3.82. The van der Waals surface area contributed by atoms with E-state index in [1.807, 2.05) is 28.9 Å². The van der Waals surface area contributed by atoms with Gasteiger partial charge >= 0.3 is 0 Å². The lowest BCUT2D eigenvalue weighted by atomic mass is 10.2. The molecule has 2 N–H and O–H groups in total. The van der Waals surface area contributed by atoms with Crippen LogP contribution in [-0.4, -0.2) is 54.2 Å². The van der Waals surface area contributed by atoms with Gasteiger partial charge in [-0.3, -0.25) is 19.7 Å². The van der Waals surface area contributed by atoms with Crippen LogP contribution in [0.1, 0.15) is 18.9 Å². The van der Waals surface area contributed by atoms with Gasteiger partial charge in [0.15, 0.2) is 0 Å². The topological polar surface area (TPSA) is 128 Å². The van der Waals surface area contributed by atoms with Crippen molar-refractivity contribution in [1.82, 2.24) is 14.7 Å². The van der Waals surface area contributed by atoms with E-state index in [1.54, 1.807) is 0 Å². The molecule has 1 aromatic heterocycles. The van der Waals surface area contributed by atoms with Gasteiger partial charge in [0.1, 0.15) is 4.90 Å². The Bertz CT molecular complexity index is 958. The highest BCUT2D eigenvalue weighted by atomic mass is 32.2.